The molecular formula is C14H20ClN3O. The number of nitrogens with zero attached hydrogens (tertiary/aromatic N) is 1. The Labute approximate surface area is 117 Å². The molecule has 1 aromatic heterocycles. The standard InChI is InChI=1S/C14H20ClN3O/c1-7-9-4-8(14(9,2)3)5-10(7)17-11-6-16-18-13(19)12(11)15/h6-10H,4-5H2,1-3H3,(H2,17,18,19)/t7-,8+,9-,10-/m1/s1. The number of rotatable bonds is 2. The molecule has 104 valence electrons. The third-order valence-corrected chi connectivity index (χ3v) is 5.87. The Morgan fingerprint density at radius 1 is 1.47 bits per heavy atom. The summed E-state index contributed by atoms with van der Waals surface area (Å²) in [4.78, 5) is 11.4. The van der Waals surface area contributed by atoms with Crippen molar-refractivity contribution in [2.24, 2.45) is 23.2 Å². The van der Waals surface area contributed by atoms with E-state index < -0.39 is 0 Å². The van der Waals surface area contributed by atoms with E-state index in [0.29, 0.717) is 23.1 Å². The van der Waals surface area contributed by atoms with Gasteiger partial charge < -0.3 is 5.32 Å². The Bertz CT molecular complexity index is 554. The van der Waals surface area contributed by atoms with Crippen molar-refractivity contribution in [3.63, 3.8) is 0 Å². The van der Waals surface area contributed by atoms with E-state index in [1.807, 2.05) is 0 Å². The quantitative estimate of drug-likeness (QED) is 0.876. The van der Waals surface area contributed by atoms with E-state index in [1.54, 1.807) is 6.20 Å². The molecule has 5 heteroatoms. The van der Waals surface area contributed by atoms with E-state index in [9.17, 15) is 4.79 Å². The molecule has 0 aromatic carbocycles. The minimum Gasteiger partial charge on any atom is -0.379 e. The minimum atomic E-state index is -0.333. The Balaban J connectivity index is 1.79. The summed E-state index contributed by atoms with van der Waals surface area (Å²) in [6, 6.07) is 0.387. The van der Waals surface area contributed by atoms with Crippen molar-refractivity contribution < 1.29 is 0 Å². The van der Waals surface area contributed by atoms with Gasteiger partial charge in [-0.05, 0) is 36.0 Å². The van der Waals surface area contributed by atoms with Gasteiger partial charge in [-0.15, -0.1) is 0 Å². The van der Waals surface area contributed by atoms with E-state index in [-0.39, 0.29) is 10.6 Å². The number of H-pyrrole nitrogens is 1. The molecule has 2 N–H and O–H groups in total. The number of hydrogen-bond acceptors (Lipinski definition) is 3. The Kier molecular flexibility index (Phi) is 2.89. The molecule has 0 aliphatic heterocycles. The maximum Gasteiger partial charge on any atom is 0.285 e. The molecule has 0 saturated heterocycles. The molecule has 1 heterocycles. The van der Waals surface area contributed by atoms with Gasteiger partial charge in [0.2, 0.25) is 0 Å². The number of halogens is 1. The largest absolute Gasteiger partial charge is 0.379 e. The number of anilines is 1. The van der Waals surface area contributed by atoms with Crippen LogP contribution in [0.2, 0.25) is 5.02 Å². The highest BCUT2D eigenvalue weighted by Gasteiger charge is 2.56. The third-order valence-electron chi connectivity index (χ3n) is 5.49. The first-order valence-electron chi connectivity index (χ1n) is 6.91. The summed E-state index contributed by atoms with van der Waals surface area (Å²) in [5, 5.41) is 9.78. The second kappa shape index (κ2) is 4.23. The SMILES string of the molecule is C[C@@H]1[C@H]2C[C@@H](C[C@H]1Nc1cn[nH]c(=O)c1Cl)C2(C)C. The van der Waals surface area contributed by atoms with Gasteiger partial charge >= 0.3 is 0 Å². The molecule has 1 aromatic rings. The van der Waals surface area contributed by atoms with Gasteiger partial charge in [0.25, 0.3) is 5.56 Å². The van der Waals surface area contributed by atoms with Gasteiger partial charge in [-0.25, -0.2) is 5.10 Å². The van der Waals surface area contributed by atoms with Crippen LogP contribution in [0.1, 0.15) is 33.6 Å². The van der Waals surface area contributed by atoms with Gasteiger partial charge in [0.15, 0.2) is 0 Å². The predicted octanol–water partition coefficient (Wildman–Crippen LogP) is 2.91. The van der Waals surface area contributed by atoms with Crippen LogP contribution < -0.4 is 10.9 Å². The highest BCUT2D eigenvalue weighted by Crippen LogP contribution is 2.61. The maximum atomic E-state index is 11.4. The van der Waals surface area contributed by atoms with Crippen LogP contribution in [0.5, 0.6) is 0 Å². The van der Waals surface area contributed by atoms with Crippen LogP contribution in [0.3, 0.4) is 0 Å². The van der Waals surface area contributed by atoms with Gasteiger partial charge in [0, 0.05) is 6.04 Å². The Morgan fingerprint density at radius 2 is 2.21 bits per heavy atom. The molecule has 4 nitrogen and oxygen atoms in total. The van der Waals surface area contributed by atoms with Gasteiger partial charge in [-0.1, -0.05) is 32.4 Å². The van der Waals surface area contributed by atoms with Crippen LogP contribution >= 0.6 is 11.6 Å². The Morgan fingerprint density at radius 3 is 2.84 bits per heavy atom. The van der Waals surface area contributed by atoms with E-state index in [0.717, 1.165) is 18.3 Å². The van der Waals surface area contributed by atoms with Crippen molar-refractivity contribution in [2.75, 3.05) is 5.32 Å². The molecule has 0 spiro atoms. The second-order valence-electron chi connectivity index (χ2n) is 6.63. The molecule has 3 aliphatic carbocycles. The van der Waals surface area contributed by atoms with E-state index in [2.05, 4.69) is 36.3 Å². The maximum absolute atomic E-state index is 11.4. The van der Waals surface area contributed by atoms with Gasteiger partial charge in [-0.3, -0.25) is 4.79 Å². The van der Waals surface area contributed by atoms with E-state index in [1.165, 1.54) is 6.42 Å². The smallest absolute Gasteiger partial charge is 0.285 e. The molecule has 4 rings (SSSR count). The molecule has 4 atom stereocenters. The monoisotopic (exact) mass is 281 g/mol. The van der Waals surface area contributed by atoms with Crippen molar-refractivity contribution >= 4 is 17.3 Å². The molecule has 3 aliphatic rings. The number of fused-ring (bicyclic) bond motifs is 2. The molecule has 19 heavy (non-hydrogen) atoms. The lowest BCUT2D eigenvalue weighted by atomic mass is 9.45. The van der Waals surface area contributed by atoms with Crippen molar-refractivity contribution in [1.82, 2.24) is 10.2 Å². The van der Waals surface area contributed by atoms with Crippen molar-refractivity contribution in [3.05, 3.63) is 21.6 Å². The third kappa shape index (κ3) is 1.88. The first kappa shape index (κ1) is 13.0. The normalized spacial score (nSPS) is 35.6. The van der Waals surface area contributed by atoms with Crippen LogP contribution in [-0.4, -0.2) is 16.2 Å². The summed E-state index contributed by atoms with van der Waals surface area (Å²) in [7, 11) is 0. The van der Waals surface area contributed by atoms with Crippen LogP contribution in [0.15, 0.2) is 11.0 Å². The lowest BCUT2D eigenvalue weighted by molar-refractivity contribution is -0.105. The number of aromatic nitrogens is 2. The zero-order valence-corrected chi connectivity index (χ0v) is 12.3. The fraction of sp³-hybridized carbons (Fsp3) is 0.714. The van der Waals surface area contributed by atoms with Gasteiger partial charge in [-0.2, -0.15) is 5.10 Å². The summed E-state index contributed by atoms with van der Waals surface area (Å²) < 4.78 is 0. The first-order chi connectivity index (χ1) is 8.91. The van der Waals surface area contributed by atoms with Crippen LogP contribution in [-0.2, 0) is 0 Å². The topological polar surface area (TPSA) is 57.8 Å². The zero-order chi connectivity index (χ0) is 13.8. The first-order valence-corrected chi connectivity index (χ1v) is 7.28. The molecule has 3 saturated carbocycles. The molecule has 2 bridgehead atoms. The van der Waals surface area contributed by atoms with Crippen LogP contribution in [0.25, 0.3) is 0 Å². The lowest BCUT2D eigenvalue weighted by Gasteiger charge is -2.62. The summed E-state index contributed by atoms with van der Waals surface area (Å²) in [6.45, 7) is 7.05. The average molecular weight is 282 g/mol. The van der Waals surface area contributed by atoms with Crippen molar-refractivity contribution in [2.45, 2.75) is 39.7 Å². The average Bonchev–Trinajstić information content (AvgIpc) is 2.36. The van der Waals surface area contributed by atoms with Gasteiger partial charge in [0.1, 0.15) is 5.02 Å². The molecule has 3 fully saturated rings. The summed E-state index contributed by atoms with van der Waals surface area (Å²) in [5.41, 5.74) is 0.787. The summed E-state index contributed by atoms with van der Waals surface area (Å²) >= 11 is 6.02. The fourth-order valence-electron chi connectivity index (χ4n) is 4.02. The van der Waals surface area contributed by atoms with Crippen LogP contribution in [0, 0.1) is 23.2 Å². The zero-order valence-electron chi connectivity index (χ0n) is 11.5. The van der Waals surface area contributed by atoms with Crippen molar-refractivity contribution in [1.29, 1.82) is 0 Å². The highest BCUT2D eigenvalue weighted by molar-refractivity contribution is 6.32. The molecule has 0 amide bonds. The van der Waals surface area contributed by atoms with Gasteiger partial charge in [0.05, 0.1) is 11.9 Å². The fourth-order valence-corrected chi connectivity index (χ4v) is 4.17. The Hall–Kier alpha value is -1.03. The molecule has 0 radical (unpaired) electrons. The number of nitrogens with one attached hydrogen (secondary N) is 2. The molecule has 0 unspecified atom stereocenters. The van der Waals surface area contributed by atoms with Crippen LogP contribution in [0.4, 0.5) is 5.69 Å². The predicted molar refractivity (Wildman–Crippen MR) is 76.4 cm³/mol. The number of aromatic amines is 1. The van der Waals surface area contributed by atoms with E-state index in [4.69, 9.17) is 11.6 Å². The van der Waals surface area contributed by atoms with E-state index >= 15 is 0 Å². The summed E-state index contributed by atoms with van der Waals surface area (Å²) in [6.07, 6.45) is 4.09. The minimum absolute atomic E-state index is 0.209. The second-order valence-corrected chi connectivity index (χ2v) is 7.01. The highest BCUT2D eigenvalue weighted by atomic mass is 35.5. The lowest BCUT2D eigenvalue weighted by Crippen LogP contribution is -2.58. The van der Waals surface area contributed by atoms with Crippen molar-refractivity contribution in [3.8, 4) is 0 Å². The number of hydrogen-bond donors (Lipinski definition) is 2. The molecular weight excluding hydrogens is 262 g/mol. The summed E-state index contributed by atoms with van der Waals surface area (Å²) in [5.74, 6) is 2.13.